The number of rotatable bonds is 16. The maximum atomic E-state index is 13.5. The van der Waals surface area contributed by atoms with Crippen LogP contribution in [0, 0.1) is 31.1 Å². The van der Waals surface area contributed by atoms with Crippen LogP contribution in [0.15, 0.2) is 24.3 Å². The van der Waals surface area contributed by atoms with Gasteiger partial charge in [-0.15, -0.1) is 0 Å². The molecule has 2 heterocycles. The van der Waals surface area contributed by atoms with Gasteiger partial charge in [-0.3, -0.25) is 29.8 Å². The molecular weight excluding hydrogens is 668 g/mol. The van der Waals surface area contributed by atoms with Crippen molar-refractivity contribution in [2.75, 3.05) is 53.7 Å². The standard InChI is InChI=1S/C35H44N4O12/c1-48-28-12-24(32(42)36-20-34(6-7-34)16-22(36)18-40)26(38(44)45)14-30(28)50-10-4-3-5-11-51-31-15-27(39(46)47)25(13-29(31)49-2)33(43)37-21-35(8-9-35)17-23(37)19-41/h12-15,22-23,40-41H,3-11,16-21H2,1-2H3/t22-,23-/m0/s1. The fraction of sp³-hybridized carbons (Fsp3) is 0.600. The number of carbonyl (C=O) groups is 2. The minimum atomic E-state index is -0.629. The maximum absolute atomic E-state index is 13.5. The average molecular weight is 713 g/mol. The molecule has 0 bridgehead atoms. The number of methoxy groups -OCH3 is 2. The predicted octanol–water partition coefficient (Wildman–Crippen LogP) is 4.12. The summed E-state index contributed by atoms with van der Waals surface area (Å²) in [4.78, 5) is 52.8. The van der Waals surface area contributed by atoms with E-state index in [1.807, 2.05) is 0 Å². The summed E-state index contributed by atoms with van der Waals surface area (Å²) in [6.07, 6.45) is 6.91. The highest BCUT2D eigenvalue weighted by atomic mass is 16.6. The Hall–Kier alpha value is -4.70. The first-order valence-electron chi connectivity index (χ1n) is 17.3. The first-order chi connectivity index (χ1) is 24.5. The van der Waals surface area contributed by atoms with Gasteiger partial charge in [-0.05, 0) is 68.6 Å². The van der Waals surface area contributed by atoms with Gasteiger partial charge in [0.25, 0.3) is 23.2 Å². The molecule has 2 aromatic rings. The number of likely N-dealkylation sites (tertiary alicyclic amines) is 2. The molecule has 4 fully saturated rings. The molecule has 6 rings (SSSR count). The van der Waals surface area contributed by atoms with Crippen molar-refractivity contribution >= 4 is 23.2 Å². The molecule has 2 atom stereocenters. The number of benzene rings is 2. The first-order valence-corrected chi connectivity index (χ1v) is 17.3. The topological polar surface area (TPSA) is 204 Å². The number of aliphatic hydroxyl groups is 2. The van der Waals surface area contributed by atoms with Gasteiger partial charge in [-0.2, -0.15) is 0 Å². The number of aliphatic hydroxyl groups excluding tert-OH is 2. The van der Waals surface area contributed by atoms with E-state index in [1.54, 1.807) is 0 Å². The van der Waals surface area contributed by atoms with Gasteiger partial charge >= 0.3 is 0 Å². The Morgan fingerprint density at radius 2 is 1.10 bits per heavy atom. The van der Waals surface area contributed by atoms with Crippen LogP contribution < -0.4 is 18.9 Å². The number of nitrogens with zero attached hydrogens (tertiary/aromatic N) is 4. The van der Waals surface area contributed by atoms with Crippen LogP contribution in [-0.2, 0) is 0 Å². The van der Waals surface area contributed by atoms with E-state index < -0.39 is 33.0 Å². The monoisotopic (exact) mass is 712 g/mol. The van der Waals surface area contributed by atoms with Crippen LogP contribution in [-0.4, -0.2) is 107 Å². The Kier molecular flexibility index (Phi) is 10.3. The summed E-state index contributed by atoms with van der Waals surface area (Å²) in [5, 5.41) is 43.8. The molecule has 2 aliphatic carbocycles. The van der Waals surface area contributed by atoms with Gasteiger partial charge in [-0.1, -0.05) is 0 Å². The number of nitro groups is 2. The second-order valence-corrected chi connectivity index (χ2v) is 14.3. The minimum Gasteiger partial charge on any atom is -0.493 e. The largest absolute Gasteiger partial charge is 0.493 e. The van der Waals surface area contributed by atoms with Crippen molar-refractivity contribution in [1.82, 2.24) is 9.80 Å². The molecule has 4 aliphatic rings. The molecule has 276 valence electrons. The fourth-order valence-corrected chi connectivity index (χ4v) is 7.55. The average Bonchev–Trinajstić information content (AvgIpc) is 3.99. The van der Waals surface area contributed by atoms with Crippen molar-refractivity contribution in [2.45, 2.75) is 69.9 Å². The molecule has 0 unspecified atom stereocenters. The molecular formula is C35H44N4O12. The molecule has 0 aromatic heterocycles. The van der Waals surface area contributed by atoms with Crippen LogP contribution in [0.2, 0.25) is 0 Å². The van der Waals surface area contributed by atoms with Gasteiger partial charge in [0.05, 0.1) is 74.7 Å². The summed E-state index contributed by atoms with van der Waals surface area (Å²) in [5.74, 6) is -0.458. The zero-order valence-electron chi connectivity index (χ0n) is 28.8. The summed E-state index contributed by atoms with van der Waals surface area (Å²) in [6, 6.07) is 4.25. The molecule has 51 heavy (non-hydrogen) atoms. The summed E-state index contributed by atoms with van der Waals surface area (Å²) in [5.41, 5.74) is -1.06. The van der Waals surface area contributed by atoms with Crippen molar-refractivity contribution in [3.63, 3.8) is 0 Å². The van der Waals surface area contributed by atoms with Gasteiger partial charge in [0, 0.05) is 25.2 Å². The van der Waals surface area contributed by atoms with Crippen LogP contribution in [0.25, 0.3) is 0 Å². The Morgan fingerprint density at radius 3 is 1.41 bits per heavy atom. The van der Waals surface area contributed by atoms with Crippen molar-refractivity contribution in [3.8, 4) is 23.0 Å². The number of hydrogen-bond donors (Lipinski definition) is 2. The van der Waals surface area contributed by atoms with E-state index in [0.29, 0.717) is 45.2 Å². The fourth-order valence-electron chi connectivity index (χ4n) is 7.55. The Balaban J connectivity index is 1.04. The predicted molar refractivity (Wildman–Crippen MR) is 181 cm³/mol. The molecule has 0 radical (unpaired) electrons. The molecule has 16 nitrogen and oxygen atoms in total. The van der Waals surface area contributed by atoms with Gasteiger partial charge in [-0.25, -0.2) is 0 Å². The second kappa shape index (κ2) is 14.5. The Labute approximate surface area is 294 Å². The highest BCUT2D eigenvalue weighted by Crippen LogP contribution is 2.56. The van der Waals surface area contributed by atoms with Gasteiger partial charge in [0.1, 0.15) is 11.1 Å². The minimum absolute atomic E-state index is 0.00330. The smallest absolute Gasteiger partial charge is 0.286 e. The molecule has 2 aromatic carbocycles. The van der Waals surface area contributed by atoms with E-state index in [1.165, 1.54) is 48.3 Å². The normalized spacial score (nSPS) is 20.8. The first kappa shape index (κ1) is 36.1. The van der Waals surface area contributed by atoms with Crippen molar-refractivity contribution < 1.29 is 48.6 Å². The van der Waals surface area contributed by atoms with Gasteiger partial charge < -0.3 is 39.0 Å². The van der Waals surface area contributed by atoms with Crippen molar-refractivity contribution in [3.05, 3.63) is 55.6 Å². The van der Waals surface area contributed by atoms with E-state index in [0.717, 1.165) is 25.7 Å². The number of ether oxygens (including phenoxy) is 4. The van der Waals surface area contributed by atoms with Crippen LogP contribution in [0.5, 0.6) is 23.0 Å². The van der Waals surface area contributed by atoms with Crippen molar-refractivity contribution in [2.24, 2.45) is 10.8 Å². The lowest BCUT2D eigenvalue weighted by atomic mass is 10.0. The third-order valence-electron chi connectivity index (χ3n) is 10.8. The summed E-state index contributed by atoms with van der Waals surface area (Å²) in [7, 11) is 2.77. The quantitative estimate of drug-likeness (QED) is 0.143. The summed E-state index contributed by atoms with van der Waals surface area (Å²) >= 11 is 0. The molecule has 2 N–H and O–H groups in total. The highest BCUT2D eigenvalue weighted by molar-refractivity contribution is 6.00. The van der Waals surface area contributed by atoms with E-state index in [2.05, 4.69) is 0 Å². The molecule has 16 heteroatoms. The summed E-state index contributed by atoms with van der Waals surface area (Å²) in [6.45, 7) is 0.853. The molecule has 2 amide bonds. The number of nitro benzene ring substituents is 2. The maximum Gasteiger partial charge on any atom is 0.286 e. The number of carbonyl (C=O) groups excluding carboxylic acids is 2. The number of amides is 2. The zero-order chi connectivity index (χ0) is 36.5. The molecule has 2 aliphatic heterocycles. The zero-order valence-corrected chi connectivity index (χ0v) is 28.8. The summed E-state index contributed by atoms with van der Waals surface area (Å²) < 4.78 is 22.5. The Morgan fingerprint density at radius 1 is 0.706 bits per heavy atom. The van der Waals surface area contributed by atoms with Crippen LogP contribution in [0.4, 0.5) is 11.4 Å². The lowest BCUT2D eigenvalue weighted by Gasteiger charge is -2.23. The third kappa shape index (κ3) is 7.38. The SMILES string of the molecule is COc1cc(C(=O)N2CC3(CC3)C[C@H]2CO)c([N+](=O)[O-])cc1OCCCCCOc1cc([N+](=O)[O-])c(C(=O)N2CC3(CC3)C[C@H]2CO)cc1OC. The van der Waals surface area contributed by atoms with Crippen LogP contribution in [0.1, 0.15) is 78.5 Å². The number of hydrogen-bond acceptors (Lipinski definition) is 12. The van der Waals surface area contributed by atoms with E-state index in [-0.39, 0.29) is 83.5 Å². The van der Waals surface area contributed by atoms with E-state index >= 15 is 0 Å². The third-order valence-corrected chi connectivity index (χ3v) is 10.8. The lowest BCUT2D eigenvalue weighted by molar-refractivity contribution is -0.385. The molecule has 2 saturated heterocycles. The van der Waals surface area contributed by atoms with Gasteiger partial charge in [0.15, 0.2) is 23.0 Å². The van der Waals surface area contributed by atoms with Crippen molar-refractivity contribution in [1.29, 1.82) is 0 Å². The van der Waals surface area contributed by atoms with Crippen LogP contribution >= 0.6 is 0 Å². The Bertz CT molecular complexity index is 1570. The van der Waals surface area contributed by atoms with E-state index in [4.69, 9.17) is 18.9 Å². The van der Waals surface area contributed by atoms with Crippen LogP contribution in [0.3, 0.4) is 0 Å². The second-order valence-electron chi connectivity index (χ2n) is 14.3. The highest BCUT2D eigenvalue weighted by Gasteiger charge is 2.54. The van der Waals surface area contributed by atoms with Gasteiger partial charge in [0.2, 0.25) is 0 Å². The van der Waals surface area contributed by atoms with E-state index in [9.17, 15) is 40.0 Å². The lowest BCUT2D eigenvalue weighted by Crippen LogP contribution is -2.38. The molecule has 2 spiro atoms. The molecule has 2 saturated carbocycles. The number of unbranched alkanes of at least 4 members (excludes halogenated alkanes) is 2.